The van der Waals surface area contributed by atoms with Gasteiger partial charge in [0.25, 0.3) is 0 Å². The number of para-hydroxylation sites is 2. The van der Waals surface area contributed by atoms with Crippen LogP contribution in [0.3, 0.4) is 0 Å². The summed E-state index contributed by atoms with van der Waals surface area (Å²) in [4.78, 5) is 26.2. The quantitative estimate of drug-likeness (QED) is 0.768. The van der Waals surface area contributed by atoms with E-state index in [1.54, 1.807) is 12.0 Å². The monoisotopic (exact) mass is 368 g/mol. The van der Waals surface area contributed by atoms with Crippen molar-refractivity contribution in [2.24, 2.45) is 0 Å². The number of nitrogens with one attached hydrogen (secondary N) is 1. The molecule has 0 heterocycles. The van der Waals surface area contributed by atoms with Crippen LogP contribution in [0.1, 0.15) is 37.0 Å². The second-order valence-electron chi connectivity index (χ2n) is 6.51. The summed E-state index contributed by atoms with van der Waals surface area (Å²) < 4.78 is 5.35. The van der Waals surface area contributed by atoms with Crippen molar-refractivity contribution in [1.29, 1.82) is 0 Å². The molecule has 0 aromatic heterocycles. The highest BCUT2D eigenvalue weighted by Gasteiger charge is 2.15. The molecule has 0 aliphatic rings. The van der Waals surface area contributed by atoms with Crippen molar-refractivity contribution in [3.05, 3.63) is 59.2 Å². The zero-order valence-electron chi connectivity index (χ0n) is 16.5. The first-order valence-electron chi connectivity index (χ1n) is 9.22. The van der Waals surface area contributed by atoms with Crippen LogP contribution in [0.25, 0.3) is 0 Å². The average Bonchev–Trinajstić information content (AvgIpc) is 2.66. The van der Waals surface area contributed by atoms with Crippen molar-refractivity contribution in [3.63, 3.8) is 0 Å². The Kier molecular flexibility index (Phi) is 7.41. The number of rotatable bonds is 8. The minimum atomic E-state index is -0.0923. The van der Waals surface area contributed by atoms with E-state index in [0.29, 0.717) is 13.1 Å². The summed E-state index contributed by atoms with van der Waals surface area (Å²) >= 11 is 0. The number of benzene rings is 2. The molecule has 144 valence electrons. The molecule has 5 heteroatoms. The predicted octanol–water partition coefficient (Wildman–Crippen LogP) is 3.94. The molecule has 2 aromatic rings. The maximum atomic E-state index is 12.5. The largest absolute Gasteiger partial charge is 0.496 e. The number of methoxy groups -OCH3 is 1. The van der Waals surface area contributed by atoms with Crippen molar-refractivity contribution in [3.8, 4) is 5.75 Å². The van der Waals surface area contributed by atoms with Crippen molar-refractivity contribution in [1.82, 2.24) is 4.90 Å². The molecule has 2 amide bonds. The van der Waals surface area contributed by atoms with Gasteiger partial charge in [0.05, 0.1) is 7.11 Å². The van der Waals surface area contributed by atoms with Crippen molar-refractivity contribution < 1.29 is 14.3 Å². The fraction of sp³-hybridized carbons (Fsp3) is 0.364. The third kappa shape index (κ3) is 5.58. The maximum absolute atomic E-state index is 12.5. The van der Waals surface area contributed by atoms with Crippen LogP contribution in [0.15, 0.2) is 42.5 Å². The third-order valence-electron chi connectivity index (χ3n) is 4.61. The highest BCUT2D eigenvalue weighted by Crippen LogP contribution is 2.22. The first-order valence-corrected chi connectivity index (χ1v) is 9.22. The molecule has 0 spiro atoms. The van der Waals surface area contributed by atoms with Crippen LogP contribution in [-0.2, 0) is 22.6 Å². The molecule has 0 unspecified atom stereocenters. The molecule has 0 bridgehead atoms. The second kappa shape index (κ2) is 9.76. The molecule has 0 fully saturated rings. The molecule has 27 heavy (non-hydrogen) atoms. The van der Waals surface area contributed by atoms with Crippen molar-refractivity contribution in [2.45, 2.75) is 40.2 Å². The van der Waals surface area contributed by atoms with Crippen LogP contribution in [0, 0.1) is 6.92 Å². The highest BCUT2D eigenvalue weighted by molar-refractivity contribution is 5.92. The van der Waals surface area contributed by atoms with Gasteiger partial charge in [0.2, 0.25) is 11.8 Å². The Labute approximate surface area is 161 Å². The van der Waals surface area contributed by atoms with Gasteiger partial charge in [-0.25, -0.2) is 0 Å². The summed E-state index contributed by atoms with van der Waals surface area (Å²) in [7, 11) is 1.61. The van der Waals surface area contributed by atoms with E-state index in [0.717, 1.165) is 34.5 Å². The van der Waals surface area contributed by atoms with Gasteiger partial charge in [-0.15, -0.1) is 0 Å². The zero-order valence-corrected chi connectivity index (χ0v) is 16.5. The average molecular weight is 368 g/mol. The molecule has 0 aliphatic carbocycles. The van der Waals surface area contributed by atoms with Gasteiger partial charge in [0.1, 0.15) is 5.75 Å². The number of amides is 2. The summed E-state index contributed by atoms with van der Waals surface area (Å²) in [5.41, 5.74) is 3.95. The van der Waals surface area contributed by atoms with Gasteiger partial charge in [-0.05, 0) is 30.5 Å². The SMILES string of the molecule is CCc1cccc(C)c1NC(=O)CCN(Cc1ccccc1OC)C(C)=O. The number of carbonyl (C=O) groups excluding carboxylic acids is 2. The first kappa shape index (κ1) is 20.5. The third-order valence-corrected chi connectivity index (χ3v) is 4.61. The van der Waals surface area contributed by atoms with Crippen LogP contribution < -0.4 is 10.1 Å². The van der Waals surface area contributed by atoms with Gasteiger partial charge < -0.3 is 15.0 Å². The lowest BCUT2D eigenvalue weighted by atomic mass is 10.1. The van der Waals surface area contributed by atoms with E-state index in [1.165, 1.54) is 6.92 Å². The Hall–Kier alpha value is -2.82. The van der Waals surface area contributed by atoms with E-state index in [4.69, 9.17) is 4.74 Å². The van der Waals surface area contributed by atoms with Crippen LogP contribution >= 0.6 is 0 Å². The lowest BCUT2D eigenvalue weighted by Gasteiger charge is -2.22. The summed E-state index contributed by atoms with van der Waals surface area (Å²) in [5.74, 6) is 0.574. The van der Waals surface area contributed by atoms with Crippen molar-refractivity contribution in [2.75, 3.05) is 19.0 Å². The van der Waals surface area contributed by atoms with Crippen LogP contribution in [0.5, 0.6) is 5.75 Å². The number of anilines is 1. The smallest absolute Gasteiger partial charge is 0.226 e. The lowest BCUT2D eigenvalue weighted by Crippen LogP contribution is -2.31. The Morgan fingerprint density at radius 3 is 2.44 bits per heavy atom. The molecule has 0 aliphatic heterocycles. The molecular weight excluding hydrogens is 340 g/mol. The van der Waals surface area contributed by atoms with E-state index in [-0.39, 0.29) is 18.2 Å². The first-order chi connectivity index (χ1) is 13.0. The summed E-state index contributed by atoms with van der Waals surface area (Å²) in [6.07, 6.45) is 1.09. The maximum Gasteiger partial charge on any atom is 0.226 e. The van der Waals surface area contributed by atoms with E-state index in [1.807, 2.05) is 49.4 Å². The van der Waals surface area contributed by atoms with E-state index < -0.39 is 0 Å². The Bertz CT molecular complexity index is 802. The number of carbonyl (C=O) groups is 2. The molecule has 0 saturated carbocycles. The fourth-order valence-corrected chi connectivity index (χ4v) is 3.03. The van der Waals surface area contributed by atoms with Crippen LogP contribution in [0.2, 0.25) is 0 Å². The predicted molar refractivity (Wildman–Crippen MR) is 108 cm³/mol. The summed E-state index contributed by atoms with van der Waals surface area (Å²) in [6.45, 7) is 6.33. The number of nitrogens with zero attached hydrogens (tertiary/aromatic N) is 1. The Morgan fingerprint density at radius 1 is 1.07 bits per heavy atom. The van der Waals surface area contributed by atoms with Gasteiger partial charge in [0.15, 0.2) is 0 Å². The Morgan fingerprint density at radius 2 is 1.78 bits per heavy atom. The zero-order chi connectivity index (χ0) is 19.8. The number of hydrogen-bond acceptors (Lipinski definition) is 3. The summed E-state index contributed by atoms with van der Waals surface area (Å²) in [5, 5.41) is 3.01. The van der Waals surface area contributed by atoms with E-state index in [2.05, 4.69) is 12.2 Å². The molecule has 2 rings (SSSR count). The highest BCUT2D eigenvalue weighted by atomic mass is 16.5. The number of ether oxygens (including phenoxy) is 1. The van der Waals surface area contributed by atoms with Crippen molar-refractivity contribution >= 4 is 17.5 Å². The second-order valence-corrected chi connectivity index (χ2v) is 6.51. The number of aryl methyl sites for hydroxylation is 2. The molecule has 1 N–H and O–H groups in total. The normalized spacial score (nSPS) is 10.4. The fourth-order valence-electron chi connectivity index (χ4n) is 3.03. The molecule has 0 radical (unpaired) electrons. The summed E-state index contributed by atoms with van der Waals surface area (Å²) in [6, 6.07) is 13.6. The Balaban J connectivity index is 2.02. The molecular formula is C22H28N2O3. The van der Waals surface area contributed by atoms with Gasteiger partial charge in [0, 0.05) is 37.7 Å². The van der Waals surface area contributed by atoms with E-state index in [9.17, 15) is 9.59 Å². The standard InChI is InChI=1S/C22H28N2O3/c1-5-18-11-8-9-16(2)22(18)23-21(26)13-14-24(17(3)25)15-19-10-6-7-12-20(19)27-4/h6-12H,5,13-15H2,1-4H3,(H,23,26). The van der Waals surface area contributed by atoms with E-state index >= 15 is 0 Å². The lowest BCUT2D eigenvalue weighted by molar-refractivity contribution is -0.129. The minimum absolute atomic E-state index is 0.0705. The van der Waals surface area contributed by atoms with Gasteiger partial charge >= 0.3 is 0 Å². The topological polar surface area (TPSA) is 58.6 Å². The minimum Gasteiger partial charge on any atom is -0.496 e. The molecule has 5 nitrogen and oxygen atoms in total. The molecule has 0 atom stereocenters. The van der Waals surface area contributed by atoms with Crippen LogP contribution in [-0.4, -0.2) is 30.4 Å². The molecule has 0 saturated heterocycles. The van der Waals surface area contributed by atoms with Crippen LogP contribution in [0.4, 0.5) is 5.69 Å². The number of hydrogen-bond donors (Lipinski definition) is 1. The van der Waals surface area contributed by atoms with Gasteiger partial charge in [-0.2, -0.15) is 0 Å². The molecule has 2 aromatic carbocycles. The van der Waals surface area contributed by atoms with Gasteiger partial charge in [-0.3, -0.25) is 9.59 Å². The van der Waals surface area contributed by atoms with Gasteiger partial charge in [-0.1, -0.05) is 43.3 Å².